The lowest BCUT2D eigenvalue weighted by atomic mass is 9.78. The number of benzene rings is 1. The summed E-state index contributed by atoms with van der Waals surface area (Å²) in [7, 11) is 0. The van der Waals surface area contributed by atoms with E-state index < -0.39 is 0 Å². The van der Waals surface area contributed by atoms with E-state index in [1.807, 2.05) is 0 Å². The molecule has 1 aromatic rings. The Morgan fingerprint density at radius 1 is 1.47 bits per heavy atom. The van der Waals surface area contributed by atoms with Crippen LogP contribution in [0.2, 0.25) is 0 Å². The van der Waals surface area contributed by atoms with Crippen LogP contribution in [-0.2, 0) is 11.2 Å². The van der Waals surface area contributed by atoms with Gasteiger partial charge in [0.15, 0.2) is 0 Å². The van der Waals surface area contributed by atoms with Gasteiger partial charge in [0, 0.05) is 16.5 Å². The molecule has 17 heavy (non-hydrogen) atoms. The van der Waals surface area contributed by atoms with Gasteiger partial charge in [-0.15, -0.1) is 0 Å². The Kier molecular flexibility index (Phi) is 4.17. The zero-order valence-electron chi connectivity index (χ0n) is 9.59. The lowest BCUT2D eigenvalue weighted by Gasteiger charge is -2.35. The SMILES string of the molecule is OCC1(Cc2cc(F)ccc2Br)CCCOC1. The van der Waals surface area contributed by atoms with Crippen LogP contribution in [-0.4, -0.2) is 24.9 Å². The van der Waals surface area contributed by atoms with Crippen LogP contribution in [0.3, 0.4) is 0 Å². The molecule has 1 aliphatic rings. The summed E-state index contributed by atoms with van der Waals surface area (Å²) in [5, 5.41) is 9.57. The van der Waals surface area contributed by atoms with Crippen molar-refractivity contribution in [1.29, 1.82) is 0 Å². The molecule has 0 saturated carbocycles. The molecule has 1 fully saturated rings. The van der Waals surface area contributed by atoms with Gasteiger partial charge >= 0.3 is 0 Å². The lowest BCUT2D eigenvalue weighted by Crippen LogP contribution is -2.37. The van der Waals surface area contributed by atoms with Gasteiger partial charge in [-0.2, -0.15) is 0 Å². The number of halogens is 2. The maximum atomic E-state index is 13.2. The van der Waals surface area contributed by atoms with Crippen LogP contribution in [0.15, 0.2) is 22.7 Å². The summed E-state index contributed by atoms with van der Waals surface area (Å²) in [4.78, 5) is 0. The minimum Gasteiger partial charge on any atom is -0.396 e. The summed E-state index contributed by atoms with van der Waals surface area (Å²) in [5.41, 5.74) is 0.638. The van der Waals surface area contributed by atoms with Gasteiger partial charge in [0.25, 0.3) is 0 Å². The Hall–Kier alpha value is -0.450. The van der Waals surface area contributed by atoms with E-state index in [9.17, 15) is 9.50 Å². The minimum absolute atomic E-state index is 0.0793. The molecule has 1 atom stereocenters. The third-order valence-electron chi connectivity index (χ3n) is 3.31. The molecule has 2 nitrogen and oxygen atoms in total. The highest BCUT2D eigenvalue weighted by Gasteiger charge is 2.33. The molecular formula is C13H16BrFO2. The van der Waals surface area contributed by atoms with Crippen molar-refractivity contribution in [2.45, 2.75) is 19.3 Å². The van der Waals surface area contributed by atoms with Gasteiger partial charge < -0.3 is 9.84 Å². The van der Waals surface area contributed by atoms with E-state index in [-0.39, 0.29) is 17.8 Å². The second kappa shape index (κ2) is 5.46. The van der Waals surface area contributed by atoms with Crippen LogP contribution in [0.25, 0.3) is 0 Å². The number of aliphatic hydroxyl groups excluding tert-OH is 1. The van der Waals surface area contributed by atoms with Gasteiger partial charge in [-0.25, -0.2) is 4.39 Å². The van der Waals surface area contributed by atoms with Crippen LogP contribution >= 0.6 is 15.9 Å². The Morgan fingerprint density at radius 2 is 2.29 bits per heavy atom. The summed E-state index contributed by atoms with van der Waals surface area (Å²) in [6.07, 6.45) is 2.52. The molecular weight excluding hydrogens is 287 g/mol. The van der Waals surface area contributed by atoms with Crippen LogP contribution in [0.4, 0.5) is 4.39 Å². The summed E-state index contributed by atoms with van der Waals surface area (Å²) in [5.74, 6) is -0.243. The first-order valence-corrected chi connectivity index (χ1v) is 6.57. The van der Waals surface area contributed by atoms with E-state index in [1.54, 1.807) is 6.07 Å². The second-order valence-corrected chi connectivity index (χ2v) is 5.58. The van der Waals surface area contributed by atoms with Gasteiger partial charge in [-0.3, -0.25) is 0 Å². The average Bonchev–Trinajstić information content (AvgIpc) is 2.35. The molecule has 1 heterocycles. The van der Waals surface area contributed by atoms with Crippen molar-refractivity contribution in [3.8, 4) is 0 Å². The first kappa shape index (κ1) is 13.0. The normalized spacial score (nSPS) is 24.9. The second-order valence-electron chi connectivity index (χ2n) is 4.73. The Bertz CT molecular complexity index is 389. The van der Waals surface area contributed by atoms with Crippen molar-refractivity contribution >= 4 is 15.9 Å². The predicted octanol–water partition coefficient (Wildman–Crippen LogP) is 2.92. The summed E-state index contributed by atoms with van der Waals surface area (Å²) < 4.78 is 19.6. The number of aliphatic hydroxyl groups is 1. The van der Waals surface area contributed by atoms with Crippen LogP contribution in [0.1, 0.15) is 18.4 Å². The Labute approximate surface area is 109 Å². The van der Waals surface area contributed by atoms with E-state index in [4.69, 9.17) is 4.74 Å². The molecule has 1 aliphatic heterocycles. The van der Waals surface area contributed by atoms with Crippen molar-refractivity contribution in [2.75, 3.05) is 19.8 Å². The van der Waals surface area contributed by atoms with E-state index in [2.05, 4.69) is 15.9 Å². The number of rotatable bonds is 3. The summed E-state index contributed by atoms with van der Waals surface area (Å²) in [6, 6.07) is 4.66. The van der Waals surface area contributed by atoms with Crippen molar-refractivity contribution < 1.29 is 14.2 Å². The molecule has 0 spiro atoms. The molecule has 0 amide bonds. The molecule has 0 bridgehead atoms. The fraction of sp³-hybridized carbons (Fsp3) is 0.538. The van der Waals surface area contributed by atoms with E-state index in [0.29, 0.717) is 13.0 Å². The largest absolute Gasteiger partial charge is 0.396 e. The average molecular weight is 303 g/mol. The van der Waals surface area contributed by atoms with Crippen molar-refractivity contribution in [1.82, 2.24) is 0 Å². The van der Waals surface area contributed by atoms with E-state index in [0.717, 1.165) is 29.5 Å². The molecule has 2 rings (SSSR count). The Morgan fingerprint density at radius 3 is 2.94 bits per heavy atom. The lowest BCUT2D eigenvalue weighted by molar-refractivity contribution is -0.0380. The van der Waals surface area contributed by atoms with Crippen LogP contribution in [0.5, 0.6) is 0 Å². The summed E-state index contributed by atoms with van der Waals surface area (Å²) >= 11 is 3.42. The zero-order chi connectivity index (χ0) is 12.3. The Balaban J connectivity index is 2.20. The van der Waals surface area contributed by atoms with Crippen LogP contribution in [0, 0.1) is 11.2 Å². The topological polar surface area (TPSA) is 29.5 Å². The summed E-state index contributed by atoms with van der Waals surface area (Å²) in [6.45, 7) is 1.38. The molecule has 1 N–H and O–H groups in total. The fourth-order valence-electron chi connectivity index (χ4n) is 2.31. The van der Waals surface area contributed by atoms with Gasteiger partial charge in [0.1, 0.15) is 5.82 Å². The highest BCUT2D eigenvalue weighted by Crippen LogP contribution is 2.34. The minimum atomic E-state index is -0.255. The number of hydrogen-bond acceptors (Lipinski definition) is 2. The smallest absolute Gasteiger partial charge is 0.123 e. The zero-order valence-corrected chi connectivity index (χ0v) is 11.2. The molecule has 4 heteroatoms. The third kappa shape index (κ3) is 3.06. The fourth-order valence-corrected chi connectivity index (χ4v) is 2.70. The molecule has 0 aromatic heterocycles. The quantitative estimate of drug-likeness (QED) is 0.930. The van der Waals surface area contributed by atoms with Gasteiger partial charge in [-0.1, -0.05) is 15.9 Å². The number of hydrogen-bond donors (Lipinski definition) is 1. The highest BCUT2D eigenvalue weighted by molar-refractivity contribution is 9.10. The molecule has 1 saturated heterocycles. The van der Waals surface area contributed by atoms with Crippen molar-refractivity contribution in [2.24, 2.45) is 5.41 Å². The predicted molar refractivity (Wildman–Crippen MR) is 67.4 cm³/mol. The van der Waals surface area contributed by atoms with Crippen LogP contribution < -0.4 is 0 Å². The molecule has 94 valence electrons. The molecule has 0 radical (unpaired) electrons. The van der Waals surface area contributed by atoms with E-state index in [1.165, 1.54) is 12.1 Å². The first-order valence-electron chi connectivity index (χ1n) is 5.78. The standard InChI is InChI=1S/C13H16BrFO2/c14-12-3-2-11(15)6-10(12)7-13(8-16)4-1-5-17-9-13/h2-3,6,16H,1,4-5,7-9H2. The van der Waals surface area contributed by atoms with Gasteiger partial charge in [0.2, 0.25) is 0 Å². The monoisotopic (exact) mass is 302 g/mol. The van der Waals surface area contributed by atoms with Gasteiger partial charge in [-0.05, 0) is 43.0 Å². The van der Waals surface area contributed by atoms with Gasteiger partial charge in [0.05, 0.1) is 13.2 Å². The maximum Gasteiger partial charge on any atom is 0.123 e. The van der Waals surface area contributed by atoms with Crippen molar-refractivity contribution in [3.63, 3.8) is 0 Å². The molecule has 0 aliphatic carbocycles. The third-order valence-corrected chi connectivity index (χ3v) is 4.09. The maximum absolute atomic E-state index is 13.2. The highest BCUT2D eigenvalue weighted by atomic mass is 79.9. The first-order chi connectivity index (χ1) is 8.15. The molecule has 1 unspecified atom stereocenters. The van der Waals surface area contributed by atoms with E-state index >= 15 is 0 Å². The molecule has 1 aromatic carbocycles. The number of ether oxygens (including phenoxy) is 1. The van der Waals surface area contributed by atoms with Crippen molar-refractivity contribution in [3.05, 3.63) is 34.1 Å².